The van der Waals surface area contributed by atoms with Gasteiger partial charge in [-0.15, -0.1) is 5.11 Å². The van der Waals surface area contributed by atoms with Crippen molar-refractivity contribution in [2.75, 3.05) is 0 Å². The molecule has 4 aromatic carbocycles. The van der Waals surface area contributed by atoms with Gasteiger partial charge in [0.25, 0.3) is 30.4 Å². The van der Waals surface area contributed by atoms with Gasteiger partial charge >= 0.3 is 0 Å². The molecule has 17 heteroatoms. The number of hydrogen-bond donors (Lipinski definition) is 5. The van der Waals surface area contributed by atoms with Gasteiger partial charge < -0.3 is 10.1 Å². The zero-order chi connectivity index (χ0) is 30.4. The normalized spacial score (nSPS) is 13.1. The molecule has 14 nitrogen and oxygen atoms in total. The van der Waals surface area contributed by atoms with Gasteiger partial charge in [0.2, 0.25) is 0 Å². The first kappa shape index (κ1) is 29.0. The summed E-state index contributed by atoms with van der Waals surface area (Å²) in [4.78, 5) is 4.28. The number of nitrogens with one attached hydrogen (secondary N) is 1. The lowest BCUT2D eigenvalue weighted by Gasteiger charge is -2.13. The number of aromatic nitrogens is 2. The van der Waals surface area contributed by atoms with Gasteiger partial charge in [0.05, 0.1) is 21.6 Å². The number of azo groups is 1. The Morgan fingerprint density at radius 2 is 1.40 bits per heavy atom. The zero-order valence-electron chi connectivity index (χ0n) is 20.8. The maximum atomic E-state index is 12.1. The molecule has 0 fully saturated rings. The average Bonchev–Trinajstić information content (AvgIpc) is 3.33. The lowest BCUT2D eigenvalue weighted by atomic mass is 10.1. The smallest absolute Gasteiger partial charge is 0.296 e. The Kier molecular flexibility index (Phi) is 7.17. The third-order valence-corrected chi connectivity index (χ3v) is 8.52. The average molecular weight is 631 g/mol. The minimum atomic E-state index is -5.24. The molecule has 0 aliphatic carbocycles. The van der Waals surface area contributed by atoms with E-state index in [2.05, 4.69) is 20.2 Å². The Morgan fingerprint density at radius 1 is 0.738 bits per heavy atom. The summed E-state index contributed by atoms with van der Waals surface area (Å²) in [6.07, 6.45) is 3.51. The van der Waals surface area contributed by atoms with Crippen LogP contribution >= 0.6 is 0 Å². The van der Waals surface area contributed by atoms with E-state index in [9.17, 15) is 44.0 Å². The van der Waals surface area contributed by atoms with Gasteiger partial charge in [0.1, 0.15) is 27.1 Å². The molecule has 216 valence electrons. The first-order valence-electron chi connectivity index (χ1n) is 11.5. The summed E-state index contributed by atoms with van der Waals surface area (Å²) >= 11 is 0. The number of nitrogens with zero attached hydrogens (tertiary/aromatic N) is 3. The van der Waals surface area contributed by atoms with Crippen molar-refractivity contribution >= 4 is 75.7 Å². The molecule has 0 aliphatic heterocycles. The van der Waals surface area contributed by atoms with E-state index in [1.165, 1.54) is 12.1 Å². The molecule has 0 amide bonds. The lowest BCUT2D eigenvalue weighted by Crippen LogP contribution is -2.06. The Bertz CT molecular complexity index is 2240. The van der Waals surface area contributed by atoms with Crippen LogP contribution in [0.4, 0.5) is 11.4 Å². The van der Waals surface area contributed by atoms with Crippen molar-refractivity contribution in [1.29, 1.82) is 0 Å². The predicted octanol–water partition coefficient (Wildman–Crippen LogP) is 4.75. The Morgan fingerprint density at radius 3 is 2.02 bits per heavy atom. The zero-order valence-corrected chi connectivity index (χ0v) is 23.3. The van der Waals surface area contributed by atoms with E-state index in [1.54, 1.807) is 24.3 Å². The maximum Gasteiger partial charge on any atom is 0.296 e. The number of hydrogen-bond acceptors (Lipinski definition) is 10. The van der Waals surface area contributed by atoms with E-state index in [0.717, 1.165) is 16.6 Å². The molecule has 42 heavy (non-hydrogen) atoms. The number of phenolic OH excluding ortho intramolecular Hbond substituents is 1. The Balaban J connectivity index is 1.59. The van der Waals surface area contributed by atoms with Crippen LogP contribution in [0.5, 0.6) is 5.75 Å². The SMILES string of the molecule is O=S(=O)(O)c1cc(S(=O)(=O)O)c2c(O)cc(S(=O)(=O)O)c(N=Nc3ccc(C=Cc4nc5ccccc5[nH]4)cc3)c2c1. The number of H-pyrrole nitrogens is 1. The van der Waals surface area contributed by atoms with Crippen LogP contribution in [0.25, 0.3) is 34.0 Å². The number of aromatic amines is 1. The lowest BCUT2D eigenvalue weighted by molar-refractivity contribution is 0.468. The van der Waals surface area contributed by atoms with Gasteiger partial charge in [0.15, 0.2) is 0 Å². The molecular formula is C25H18N4O10S3. The fourth-order valence-corrected chi connectivity index (χ4v) is 6.09. The fraction of sp³-hybridized carbons (Fsp3) is 0. The monoisotopic (exact) mass is 630 g/mol. The summed E-state index contributed by atoms with van der Waals surface area (Å²) in [5, 5.41) is 16.7. The molecule has 1 aromatic heterocycles. The summed E-state index contributed by atoms with van der Waals surface area (Å²) in [6, 6.07) is 15.2. The molecule has 1 heterocycles. The number of aromatic hydroxyl groups is 1. The van der Waals surface area contributed by atoms with Crippen LogP contribution in [-0.2, 0) is 30.4 Å². The van der Waals surface area contributed by atoms with Gasteiger partial charge in [-0.2, -0.15) is 30.4 Å². The van der Waals surface area contributed by atoms with Gasteiger partial charge in [-0.1, -0.05) is 30.3 Å². The number of benzene rings is 4. The molecule has 5 rings (SSSR count). The highest BCUT2D eigenvalue weighted by Crippen LogP contribution is 2.43. The summed E-state index contributed by atoms with van der Waals surface area (Å²) in [6.45, 7) is 0. The van der Waals surface area contributed by atoms with Gasteiger partial charge in [-0.3, -0.25) is 13.7 Å². The number of fused-ring (bicyclic) bond motifs is 2. The summed E-state index contributed by atoms with van der Waals surface area (Å²) in [5.74, 6) is -0.447. The van der Waals surface area contributed by atoms with Crippen LogP contribution in [0, 0.1) is 0 Å². The quantitative estimate of drug-likeness (QED) is 0.121. The van der Waals surface area contributed by atoms with Crippen molar-refractivity contribution in [3.8, 4) is 5.75 Å². The van der Waals surface area contributed by atoms with E-state index >= 15 is 0 Å². The second-order valence-electron chi connectivity index (χ2n) is 8.78. The van der Waals surface area contributed by atoms with Crippen molar-refractivity contribution in [2.24, 2.45) is 10.2 Å². The molecule has 0 saturated heterocycles. The largest absolute Gasteiger partial charge is 0.507 e. The fourth-order valence-electron chi connectivity index (χ4n) is 4.08. The van der Waals surface area contributed by atoms with Crippen LogP contribution in [0.3, 0.4) is 0 Å². The molecule has 0 atom stereocenters. The first-order chi connectivity index (χ1) is 19.6. The van der Waals surface area contributed by atoms with Crippen LogP contribution in [0.1, 0.15) is 11.4 Å². The highest BCUT2D eigenvalue weighted by atomic mass is 32.2. The van der Waals surface area contributed by atoms with E-state index in [1.807, 2.05) is 24.3 Å². The number of phenols is 1. The predicted molar refractivity (Wildman–Crippen MR) is 151 cm³/mol. The third-order valence-electron chi connectivity index (χ3n) is 5.94. The van der Waals surface area contributed by atoms with Crippen molar-refractivity contribution in [2.45, 2.75) is 14.7 Å². The number of para-hydroxylation sites is 2. The number of imidazole rings is 1. The van der Waals surface area contributed by atoms with Crippen molar-refractivity contribution in [3.63, 3.8) is 0 Å². The van der Waals surface area contributed by atoms with Crippen LogP contribution in [0.15, 0.2) is 91.6 Å². The standard InChI is InChI=1S/C25H18N4O10S3/c30-20-13-22(42(37,38)39)25(17-11-16(40(31,32)33)12-21(24(17)20)41(34,35)36)29-28-15-8-5-14(6-9-15)7-10-23-26-18-3-1-2-4-19(18)27-23/h1-13,30H,(H,26,27)(H,31,32,33)(H,34,35,36)(H,37,38,39). The Labute approximate surface area is 238 Å². The van der Waals surface area contributed by atoms with Gasteiger partial charge in [-0.05, 0) is 48.0 Å². The summed E-state index contributed by atoms with van der Waals surface area (Å²) in [7, 11) is -15.5. The first-order valence-corrected chi connectivity index (χ1v) is 15.8. The molecule has 5 N–H and O–H groups in total. The molecule has 0 saturated carbocycles. The van der Waals surface area contributed by atoms with Crippen LogP contribution in [0.2, 0.25) is 0 Å². The molecule has 0 spiro atoms. The van der Waals surface area contributed by atoms with Gasteiger partial charge in [-0.25, -0.2) is 4.98 Å². The molecular weight excluding hydrogens is 612 g/mol. The van der Waals surface area contributed by atoms with E-state index in [0.29, 0.717) is 24.0 Å². The van der Waals surface area contributed by atoms with Gasteiger partial charge in [0, 0.05) is 16.8 Å². The highest BCUT2D eigenvalue weighted by molar-refractivity contribution is 7.87. The topological polar surface area (TPSA) is 237 Å². The van der Waals surface area contributed by atoms with Crippen LogP contribution < -0.4 is 0 Å². The molecule has 5 aromatic rings. The maximum absolute atomic E-state index is 12.1. The molecule has 0 aliphatic rings. The second kappa shape index (κ2) is 10.4. The van der Waals surface area contributed by atoms with Crippen LogP contribution in [-0.4, -0.2) is 54.0 Å². The minimum absolute atomic E-state index is 0.152. The molecule has 0 unspecified atom stereocenters. The Hall–Kier alpha value is -4.52. The van der Waals surface area contributed by atoms with Crippen molar-refractivity contribution < 1.29 is 44.0 Å². The van der Waals surface area contributed by atoms with E-state index in [4.69, 9.17) is 0 Å². The third kappa shape index (κ3) is 5.91. The van der Waals surface area contributed by atoms with E-state index in [-0.39, 0.29) is 5.69 Å². The minimum Gasteiger partial charge on any atom is -0.507 e. The summed E-state index contributed by atoms with van der Waals surface area (Å²) < 4.78 is 101. The highest BCUT2D eigenvalue weighted by Gasteiger charge is 2.28. The van der Waals surface area contributed by atoms with E-state index < -0.39 is 67.3 Å². The van der Waals surface area contributed by atoms with Crippen molar-refractivity contribution in [1.82, 2.24) is 9.97 Å². The number of rotatable bonds is 7. The second-order valence-corrected chi connectivity index (χ2v) is 13.0. The van der Waals surface area contributed by atoms with Crippen molar-refractivity contribution in [3.05, 3.63) is 78.1 Å². The molecule has 0 bridgehead atoms. The summed E-state index contributed by atoms with van der Waals surface area (Å²) in [5.41, 5.74) is 1.75. The molecule has 0 radical (unpaired) electrons.